The number of methoxy groups -OCH3 is 1. The minimum atomic E-state index is -3.86. The highest BCUT2D eigenvalue weighted by Gasteiger charge is 2.27. The van der Waals surface area contributed by atoms with Crippen molar-refractivity contribution in [2.45, 2.75) is 10.9 Å². The Morgan fingerprint density at radius 1 is 0.886 bits per heavy atom. The molecule has 5 rings (SSSR count). The lowest BCUT2D eigenvalue weighted by molar-refractivity contribution is 0.414. The fraction of sp³-hybridized carbons (Fsp3) is 0.0714. The maximum atomic E-state index is 13.2. The lowest BCUT2D eigenvalue weighted by Crippen LogP contribution is -2.25. The van der Waals surface area contributed by atoms with Gasteiger partial charge in [0.15, 0.2) is 0 Å². The summed E-state index contributed by atoms with van der Waals surface area (Å²) in [6.45, 7) is 0. The van der Waals surface area contributed by atoms with Crippen molar-refractivity contribution in [1.29, 1.82) is 0 Å². The smallest absolute Gasteiger partial charge is 0.262 e. The molecule has 4 aromatic carbocycles. The van der Waals surface area contributed by atoms with E-state index in [1.165, 1.54) is 0 Å². The van der Waals surface area contributed by atoms with Crippen molar-refractivity contribution in [2.24, 2.45) is 0 Å². The van der Waals surface area contributed by atoms with Crippen LogP contribution in [0.3, 0.4) is 0 Å². The molecule has 1 atom stereocenters. The predicted octanol–water partition coefficient (Wildman–Crippen LogP) is 7.06. The highest BCUT2D eigenvalue weighted by molar-refractivity contribution is 7.92. The first-order chi connectivity index (χ1) is 17.0. The molecule has 0 bridgehead atoms. The van der Waals surface area contributed by atoms with Crippen molar-refractivity contribution in [3.05, 3.63) is 119 Å². The summed E-state index contributed by atoms with van der Waals surface area (Å²) in [4.78, 5) is 2.29. The Hall–Kier alpha value is -3.74. The Bertz CT molecular complexity index is 1500. The number of rotatable bonds is 6. The molecule has 35 heavy (non-hydrogen) atoms. The molecule has 0 fully saturated rings. The summed E-state index contributed by atoms with van der Waals surface area (Å²) in [6, 6.07) is 29.5. The van der Waals surface area contributed by atoms with E-state index < -0.39 is 10.0 Å². The van der Waals surface area contributed by atoms with Gasteiger partial charge in [0.05, 0.1) is 28.8 Å². The number of sulfonamides is 1. The molecule has 0 aliphatic carbocycles. The van der Waals surface area contributed by atoms with Crippen LogP contribution in [0, 0.1) is 0 Å². The van der Waals surface area contributed by atoms with E-state index in [9.17, 15) is 8.42 Å². The van der Waals surface area contributed by atoms with Crippen molar-refractivity contribution in [1.82, 2.24) is 0 Å². The van der Waals surface area contributed by atoms with E-state index in [4.69, 9.17) is 16.3 Å². The van der Waals surface area contributed by atoms with Gasteiger partial charge in [0.2, 0.25) is 0 Å². The molecular weight excluding hydrogens is 480 g/mol. The van der Waals surface area contributed by atoms with Crippen LogP contribution in [-0.4, -0.2) is 15.5 Å². The normalized spacial score (nSPS) is 14.9. The van der Waals surface area contributed by atoms with Gasteiger partial charge in [-0.3, -0.25) is 4.72 Å². The number of ether oxygens (including phenoxy) is 1. The maximum Gasteiger partial charge on any atom is 0.262 e. The molecular formula is C28H23ClN2O3S. The van der Waals surface area contributed by atoms with Crippen LogP contribution in [0.4, 0.5) is 17.1 Å². The SMILES string of the molecule is COc1ccc(C2C=Cc3ccccc3N2c2cccc(S(=O)(=O)Nc3ccccc3Cl)c2)cc1. The molecule has 0 spiro atoms. The van der Waals surface area contributed by atoms with Gasteiger partial charge in [0.1, 0.15) is 5.75 Å². The molecule has 1 N–H and O–H groups in total. The van der Waals surface area contributed by atoms with Gasteiger partial charge in [-0.25, -0.2) is 8.42 Å². The summed E-state index contributed by atoms with van der Waals surface area (Å²) in [6.07, 6.45) is 4.22. The molecule has 7 heteroatoms. The Labute approximate surface area is 210 Å². The summed E-state index contributed by atoms with van der Waals surface area (Å²) >= 11 is 6.18. The highest BCUT2D eigenvalue weighted by atomic mass is 35.5. The number of para-hydroxylation sites is 2. The number of nitrogens with zero attached hydrogens (tertiary/aromatic N) is 1. The third-order valence-electron chi connectivity index (χ3n) is 5.91. The van der Waals surface area contributed by atoms with E-state index in [0.717, 1.165) is 28.3 Å². The standard InChI is InChI=1S/C28H23ClN2O3S/c1-34-23-16-13-21(14-17-23)28-18-15-20-7-2-5-12-27(20)31(28)22-8-6-9-24(19-22)35(32,33)30-26-11-4-3-10-25(26)29/h2-19,28,30H,1H3. The third kappa shape index (κ3) is 4.63. The van der Waals surface area contributed by atoms with E-state index in [2.05, 4.69) is 21.8 Å². The Morgan fingerprint density at radius 3 is 2.40 bits per heavy atom. The fourth-order valence-electron chi connectivity index (χ4n) is 4.19. The molecule has 5 nitrogen and oxygen atoms in total. The molecule has 0 aromatic heterocycles. The molecule has 1 unspecified atom stereocenters. The van der Waals surface area contributed by atoms with Crippen LogP contribution in [0.25, 0.3) is 6.08 Å². The molecule has 0 saturated heterocycles. The van der Waals surface area contributed by atoms with E-state index in [1.54, 1.807) is 49.6 Å². The number of anilines is 3. The third-order valence-corrected chi connectivity index (χ3v) is 7.61. The lowest BCUT2D eigenvalue weighted by Gasteiger charge is -2.36. The Balaban J connectivity index is 1.57. The van der Waals surface area contributed by atoms with Crippen LogP contribution in [-0.2, 0) is 10.0 Å². The number of hydrogen-bond donors (Lipinski definition) is 1. The van der Waals surface area contributed by atoms with Gasteiger partial charge in [-0.1, -0.05) is 72.3 Å². The zero-order valence-corrected chi connectivity index (χ0v) is 20.5. The molecule has 0 radical (unpaired) electrons. The second kappa shape index (κ2) is 9.49. The molecule has 1 heterocycles. The van der Waals surface area contributed by atoms with E-state index in [-0.39, 0.29) is 10.9 Å². The number of fused-ring (bicyclic) bond motifs is 1. The van der Waals surface area contributed by atoms with Crippen LogP contribution in [0.2, 0.25) is 5.02 Å². The number of halogens is 1. The second-order valence-electron chi connectivity index (χ2n) is 8.09. The Morgan fingerprint density at radius 2 is 1.63 bits per heavy atom. The first kappa shape index (κ1) is 23.0. The zero-order chi connectivity index (χ0) is 24.4. The van der Waals surface area contributed by atoms with Crippen LogP contribution in [0.1, 0.15) is 17.2 Å². The van der Waals surface area contributed by atoms with Gasteiger partial charge in [0.25, 0.3) is 10.0 Å². The fourth-order valence-corrected chi connectivity index (χ4v) is 5.55. The van der Waals surface area contributed by atoms with Gasteiger partial charge >= 0.3 is 0 Å². The number of benzene rings is 4. The monoisotopic (exact) mass is 502 g/mol. The summed E-state index contributed by atoms with van der Waals surface area (Å²) in [5, 5.41) is 0.335. The van der Waals surface area contributed by atoms with Gasteiger partial charge < -0.3 is 9.64 Å². The average Bonchev–Trinajstić information content (AvgIpc) is 2.89. The molecule has 0 saturated carbocycles. The minimum absolute atomic E-state index is 0.134. The first-order valence-electron chi connectivity index (χ1n) is 11.0. The van der Waals surface area contributed by atoms with E-state index in [0.29, 0.717) is 10.7 Å². The Kier molecular flexibility index (Phi) is 6.24. The molecule has 1 aliphatic rings. The summed E-state index contributed by atoms with van der Waals surface area (Å²) in [5.74, 6) is 0.777. The maximum absolute atomic E-state index is 13.2. The van der Waals surface area contributed by atoms with Gasteiger partial charge in [-0.05, 0) is 59.7 Å². The summed E-state index contributed by atoms with van der Waals surface area (Å²) < 4.78 is 34.4. The van der Waals surface area contributed by atoms with Crippen molar-refractivity contribution >= 4 is 44.8 Å². The molecule has 4 aromatic rings. The van der Waals surface area contributed by atoms with Crippen LogP contribution in [0.15, 0.2) is 108 Å². The van der Waals surface area contributed by atoms with Gasteiger partial charge in [-0.15, -0.1) is 0 Å². The van der Waals surface area contributed by atoms with Crippen molar-refractivity contribution in [3.63, 3.8) is 0 Å². The van der Waals surface area contributed by atoms with Crippen LogP contribution in [0.5, 0.6) is 5.75 Å². The average molecular weight is 503 g/mol. The zero-order valence-electron chi connectivity index (χ0n) is 18.9. The quantitative estimate of drug-likeness (QED) is 0.307. The van der Waals surface area contributed by atoms with Gasteiger partial charge in [-0.2, -0.15) is 0 Å². The predicted molar refractivity (Wildman–Crippen MR) is 142 cm³/mol. The van der Waals surface area contributed by atoms with Crippen molar-refractivity contribution < 1.29 is 13.2 Å². The molecule has 176 valence electrons. The summed E-state index contributed by atoms with van der Waals surface area (Å²) in [7, 11) is -2.22. The largest absolute Gasteiger partial charge is 0.497 e. The molecule has 1 aliphatic heterocycles. The minimum Gasteiger partial charge on any atom is -0.497 e. The van der Waals surface area contributed by atoms with Crippen molar-refractivity contribution in [3.8, 4) is 5.75 Å². The van der Waals surface area contributed by atoms with E-state index in [1.807, 2.05) is 54.6 Å². The van der Waals surface area contributed by atoms with Gasteiger partial charge in [0, 0.05) is 11.4 Å². The summed E-state index contributed by atoms with van der Waals surface area (Å²) in [5.41, 5.74) is 4.19. The van der Waals surface area contributed by atoms with Crippen LogP contribution >= 0.6 is 11.6 Å². The number of nitrogens with one attached hydrogen (secondary N) is 1. The highest BCUT2D eigenvalue weighted by Crippen LogP contribution is 2.42. The van der Waals surface area contributed by atoms with Crippen LogP contribution < -0.4 is 14.4 Å². The van der Waals surface area contributed by atoms with E-state index >= 15 is 0 Å². The molecule has 0 amide bonds. The number of hydrogen-bond acceptors (Lipinski definition) is 4. The first-order valence-corrected chi connectivity index (χ1v) is 12.9. The topological polar surface area (TPSA) is 58.6 Å². The second-order valence-corrected chi connectivity index (χ2v) is 10.2. The lowest BCUT2D eigenvalue weighted by atomic mass is 9.96. The van der Waals surface area contributed by atoms with Crippen molar-refractivity contribution in [2.75, 3.05) is 16.7 Å².